The van der Waals surface area contributed by atoms with E-state index in [4.69, 9.17) is 26.7 Å². The van der Waals surface area contributed by atoms with Crippen LogP contribution < -0.4 is 21.5 Å². The first-order valence-corrected chi connectivity index (χ1v) is 11.3. The number of nitrogens with zero attached hydrogens (tertiary/aromatic N) is 1. The molecule has 2 heterocycles. The number of aliphatic hydroxyl groups excluding tert-OH is 1. The van der Waals surface area contributed by atoms with Crippen LogP contribution in [0.25, 0.3) is 0 Å². The van der Waals surface area contributed by atoms with Crippen molar-refractivity contribution in [1.82, 2.24) is 10.2 Å². The molecule has 0 amide bonds. The van der Waals surface area contributed by atoms with Crippen LogP contribution >= 0.6 is 0 Å². The number of likely N-dealkylation sites (N-methyl/N-ethyl adjacent to an activating group) is 1. The summed E-state index contributed by atoms with van der Waals surface area (Å²) in [6.07, 6.45) is 6.15. The van der Waals surface area contributed by atoms with Gasteiger partial charge < -0.3 is 41.7 Å². The summed E-state index contributed by atoms with van der Waals surface area (Å²) in [5.74, 6) is 0.0750. The first-order valence-electron chi connectivity index (χ1n) is 11.3. The van der Waals surface area contributed by atoms with Crippen molar-refractivity contribution in [3.8, 4) is 11.5 Å². The third kappa shape index (κ3) is 3.92. The number of aliphatic hydroxyl groups is 1. The van der Waals surface area contributed by atoms with Crippen LogP contribution in [0.2, 0.25) is 0 Å². The number of hydrogen-bond acceptors (Lipinski definition) is 7. The number of guanidine groups is 1. The van der Waals surface area contributed by atoms with E-state index in [1.165, 1.54) is 11.1 Å². The number of ether oxygens (including phenoxy) is 1. The van der Waals surface area contributed by atoms with E-state index in [-0.39, 0.29) is 23.2 Å². The highest BCUT2D eigenvalue weighted by molar-refractivity contribution is 5.74. The average molecular weight is 460 g/mol. The van der Waals surface area contributed by atoms with Crippen molar-refractivity contribution in [2.75, 3.05) is 20.1 Å². The predicted molar refractivity (Wildman–Crippen MR) is 122 cm³/mol. The number of nitrogens with two attached hydrogens (primary N) is 2. The number of carboxylic acids is 1. The molecule has 10 nitrogen and oxygen atoms in total. The van der Waals surface area contributed by atoms with Gasteiger partial charge >= 0.3 is 5.97 Å². The fourth-order valence-electron chi connectivity index (χ4n) is 5.91. The zero-order chi connectivity index (χ0) is 23.9. The van der Waals surface area contributed by atoms with E-state index in [0.29, 0.717) is 37.1 Å². The van der Waals surface area contributed by atoms with Gasteiger partial charge in [-0.25, -0.2) is 0 Å². The van der Waals surface area contributed by atoms with Crippen LogP contribution in [-0.4, -0.2) is 76.6 Å². The van der Waals surface area contributed by atoms with Crippen LogP contribution in [0.15, 0.2) is 24.3 Å². The van der Waals surface area contributed by atoms with Crippen molar-refractivity contribution in [2.45, 2.75) is 55.4 Å². The number of phenols is 1. The van der Waals surface area contributed by atoms with Crippen LogP contribution in [0.3, 0.4) is 0 Å². The predicted octanol–water partition coefficient (Wildman–Crippen LogP) is -0.140. The van der Waals surface area contributed by atoms with Crippen molar-refractivity contribution in [3.05, 3.63) is 35.4 Å². The second kappa shape index (κ2) is 8.85. The lowest BCUT2D eigenvalue weighted by Crippen LogP contribution is -2.64. The normalized spacial score (nSPS) is 31.5. The maximum absolute atomic E-state index is 10.4. The van der Waals surface area contributed by atoms with Crippen LogP contribution in [0.5, 0.6) is 11.5 Å². The number of hydrogen-bond donors (Lipinski definition) is 7. The highest BCUT2D eigenvalue weighted by Gasteiger charge is 2.64. The molecule has 1 unspecified atom stereocenters. The largest absolute Gasteiger partial charge is 0.504 e. The molecule has 5 rings (SSSR count). The maximum atomic E-state index is 10.4. The van der Waals surface area contributed by atoms with E-state index in [1.54, 1.807) is 6.07 Å². The van der Waals surface area contributed by atoms with Crippen LogP contribution in [0, 0.1) is 11.3 Å². The lowest BCUT2D eigenvalue weighted by molar-refractivity contribution is -0.138. The number of benzene rings is 1. The van der Waals surface area contributed by atoms with Gasteiger partial charge in [0.1, 0.15) is 18.2 Å². The van der Waals surface area contributed by atoms with Gasteiger partial charge in [0.15, 0.2) is 17.5 Å². The van der Waals surface area contributed by atoms with Crippen LogP contribution in [0.4, 0.5) is 0 Å². The molecule has 1 aromatic carbocycles. The quantitative estimate of drug-likeness (QED) is 0.137. The number of likely N-dealkylation sites (tertiary alicyclic amines) is 1. The molecule has 0 saturated carbocycles. The molecule has 1 aromatic rings. The van der Waals surface area contributed by atoms with E-state index in [1.807, 2.05) is 12.1 Å². The fourth-order valence-corrected chi connectivity index (χ4v) is 5.91. The third-order valence-corrected chi connectivity index (χ3v) is 7.47. The Morgan fingerprint density at radius 1 is 1.42 bits per heavy atom. The van der Waals surface area contributed by atoms with Crippen LogP contribution in [0.1, 0.15) is 30.4 Å². The Balaban J connectivity index is 0.000000188. The zero-order valence-electron chi connectivity index (χ0n) is 18.7. The number of nitrogens with one attached hydrogen (secondary N) is 2. The van der Waals surface area contributed by atoms with E-state index < -0.39 is 18.1 Å². The highest BCUT2D eigenvalue weighted by Crippen LogP contribution is 2.62. The molecule has 2 aliphatic heterocycles. The highest BCUT2D eigenvalue weighted by atomic mass is 16.5. The Kier molecular flexibility index (Phi) is 6.26. The Hall–Kier alpha value is -2.82. The van der Waals surface area contributed by atoms with Gasteiger partial charge in [-0.15, -0.1) is 0 Å². The molecular weight excluding hydrogens is 426 g/mol. The Labute approximate surface area is 192 Å². The molecule has 9 N–H and O–H groups in total. The number of phenolic OH excluding ortho intramolecular Hbond substituents is 1. The first kappa shape index (κ1) is 23.3. The number of aliphatic carboxylic acids is 1. The van der Waals surface area contributed by atoms with E-state index in [2.05, 4.69) is 23.3 Å². The van der Waals surface area contributed by atoms with Crippen molar-refractivity contribution in [1.29, 1.82) is 5.41 Å². The van der Waals surface area contributed by atoms with Gasteiger partial charge in [0, 0.05) is 29.5 Å². The molecule has 180 valence electrons. The lowest BCUT2D eigenvalue weighted by atomic mass is 9.53. The van der Waals surface area contributed by atoms with Crippen LogP contribution in [-0.2, 0) is 16.6 Å². The molecule has 1 spiro atoms. The number of carbonyl (C=O) groups is 1. The van der Waals surface area contributed by atoms with Crippen molar-refractivity contribution >= 4 is 11.9 Å². The summed E-state index contributed by atoms with van der Waals surface area (Å²) in [6.45, 7) is 1.49. The summed E-state index contributed by atoms with van der Waals surface area (Å²) in [5.41, 5.74) is 12.5. The molecule has 6 atom stereocenters. The molecule has 1 saturated heterocycles. The van der Waals surface area contributed by atoms with Gasteiger partial charge in [-0.3, -0.25) is 10.2 Å². The molecule has 1 fully saturated rings. The van der Waals surface area contributed by atoms with E-state index >= 15 is 0 Å². The molecule has 4 aliphatic rings. The summed E-state index contributed by atoms with van der Waals surface area (Å²) in [5, 5.41) is 38.4. The lowest BCUT2D eigenvalue weighted by Gasteiger charge is -2.56. The average Bonchev–Trinajstić information content (AvgIpc) is 3.13. The number of carboxylic acid groups (broad SMARTS) is 1. The second-order valence-electron chi connectivity index (χ2n) is 9.36. The monoisotopic (exact) mass is 459 g/mol. The van der Waals surface area contributed by atoms with Crippen molar-refractivity contribution < 1.29 is 24.9 Å². The SMILES string of the molecule is CN1CC[C@]23c4c5ccc(O)c4O[C@H]2[C@@H](O)C=C[C@H]3[C@H]1C5.N=C(N)NCCCC(N)C(=O)O. The van der Waals surface area contributed by atoms with Gasteiger partial charge in [-0.2, -0.15) is 0 Å². The number of piperidine rings is 1. The minimum absolute atomic E-state index is 0.112. The smallest absolute Gasteiger partial charge is 0.320 e. The molecule has 33 heavy (non-hydrogen) atoms. The zero-order valence-corrected chi connectivity index (χ0v) is 18.7. The second-order valence-corrected chi connectivity index (χ2v) is 9.36. The minimum atomic E-state index is -1.00. The molecule has 2 aliphatic carbocycles. The Bertz CT molecular complexity index is 969. The minimum Gasteiger partial charge on any atom is -0.504 e. The maximum Gasteiger partial charge on any atom is 0.320 e. The standard InChI is InChI=1S/C17H19NO3.C6H14N4O2/c1-18-7-6-17-10-3-5-13(20)16(17)21-15-12(19)4-2-9(14(15)17)8-11(10)18;7-4(5(11)12)2-1-3-10-6(8)9/h2-5,10-11,13,16,19-20H,6-8H2,1H3;4H,1-3,7H2,(H,11,12)(H4,8,9,10)/t10-,11+,13-,16-,17-;/m0./s1. The third-order valence-electron chi connectivity index (χ3n) is 7.47. The summed E-state index contributed by atoms with van der Waals surface area (Å²) in [4.78, 5) is 12.6. The number of rotatable bonds is 5. The molecule has 2 bridgehead atoms. The van der Waals surface area contributed by atoms with E-state index in [9.17, 15) is 15.0 Å². The van der Waals surface area contributed by atoms with Gasteiger partial charge in [0.2, 0.25) is 0 Å². The Morgan fingerprint density at radius 2 is 2.18 bits per heavy atom. The van der Waals surface area contributed by atoms with Gasteiger partial charge in [0.05, 0.1) is 0 Å². The topological polar surface area (TPSA) is 178 Å². The van der Waals surface area contributed by atoms with Crippen molar-refractivity contribution in [3.63, 3.8) is 0 Å². The summed E-state index contributed by atoms with van der Waals surface area (Å²) < 4.78 is 6.09. The summed E-state index contributed by atoms with van der Waals surface area (Å²) in [7, 11) is 2.19. The number of aromatic hydroxyl groups is 1. The van der Waals surface area contributed by atoms with Gasteiger partial charge in [0.25, 0.3) is 0 Å². The summed E-state index contributed by atoms with van der Waals surface area (Å²) in [6, 6.07) is 3.41. The fraction of sp³-hybridized carbons (Fsp3) is 0.565. The molecular formula is C23H33N5O5. The van der Waals surface area contributed by atoms with E-state index in [0.717, 1.165) is 19.4 Å². The first-order chi connectivity index (χ1) is 15.7. The van der Waals surface area contributed by atoms with Crippen molar-refractivity contribution in [2.24, 2.45) is 17.4 Å². The van der Waals surface area contributed by atoms with Gasteiger partial charge in [-0.1, -0.05) is 18.2 Å². The molecule has 10 heteroatoms. The molecule has 0 radical (unpaired) electrons. The van der Waals surface area contributed by atoms with Gasteiger partial charge in [-0.05, 0) is 50.9 Å². The summed E-state index contributed by atoms with van der Waals surface area (Å²) >= 11 is 0. The molecule has 0 aromatic heterocycles. The Morgan fingerprint density at radius 3 is 2.88 bits per heavy atom.